The fourth-order valence-corrected chi connectivity index (χ4v) is 1.79. The molecule has 1 aromatic carbocycles. The lowest BCUT2D eigenvalue weighted by molar-refractivity contribution is 0.193. The molecule has 0 radical (unpaired) electrons. The van der Waals surface area contributed by atoms with Crippen molar-refractivity contribution in [1.82, 2.24) is 0 Å². The number of hydrogen-bond donors (Lipinski definition) is 1. The summed E-state index contributed by atoms with van der Waals surface area (Å²) in [6, 6.07) is 4.91. The Morgan fingerprint density at radius 3 is 1.92 bits per heavy atom. The average molecular weight is 260 g/mol. The molecule has 0 aromatic heterocycles. The van der Waals surface area contributed by atoms with Crippen molar-refractivity contribution in [2.75, 3.05) is 0 Å². The summed E-state index contributed by atoms with van der Waals surface area (Å²) in [5.41, 5.74) is 0.362. The molecule has 0 spiro atoms. The Morgan fingerprint density at radius 1 is 1.08 bits per heavy atom. The smallest absolute Gasteiger partial charge is 0.137 e. The van der Waals surface area contributed by atoms with Crippen molar-refractivity contribution in [3.8, 4) is 0 Å². The molecule has 1 rings (SSSR count). The van der Waals surface area contributed by atoms with Crippen molar-refractivity contribution in [2.24, 2.45) is 0 Å². The molecular weight excluding hydrogens is 254 g/mol. The lowest BCUT2D eigenvalue weighted by Crippen LogP contribution is -2.07. The Kier molecular flexibility index (Phi) is 4.14. The molecule has 0 saturated carbocycles. The zero-order valence-corrected chi connectivity index (χ0v) is 9.37. The summed E-state index contributed by atoms with van der Waals surface area (Å²) in [5.74, 6) is 0. The van der Waals surface area contributed by atoms with Gasteiger partial charge in [-0.2, -0.15) is 0 Å². The molecule has 5 heteroatoms. The van der Waals surface area contributed by atoms with E-state index in [1.165, 1.54) is 0 Å². The minimum atomic E-state index is -1.07. The quantitative estimate of drug-likeness (QED) is 0.801. The highest BCUT2D eigenvalue weighted by atomic mass is 35.5. The van der Waals surface area contributed by atoms with E-state index >= 15 is 0 Å². The van der Waals surface area contributed by atoms with Crippen LogP contribution in [0, 0.1) is 0 Å². The van der Waals surface area contributed by atoms with Crippen LogP contribution in [0.5, 0.6) is 0 Å². The molecule has 1 aromatic rings. The van der Waals surface area contributed by atoms with Crippen molar-refractivity contribution in [1.29, 1.82) is 0 Å². The van der Waals surface area contributed by atoms with Gasteiger partial charge in [0.05, 0.1) is 0 Å². The molecule has 0 bridgehead atoms. The number of benzene rings is 1. The van der Waals surface area contributed by atoms with E-state index in [9.17, 15) is 5.11 Å². The summed E-state index contributed by atoms with van der Waals surface area (Å²) in [5, 5.41) is 10.2. The van der Waals surface area contributed by atoms with Crippen LogP contribution in [0.2, 0.25) is 10.0 Å². The van der Waals surface area contributed by atoms with E-state index in [-0.39, 0.29) is 0 Å². The van der Waals surface area contributed by atoms with Crippen molar-refractivity contribution < 1.29 is 5.11 Å². The summed E-state index contributed by atoms with van der Waals surface area (Å²) < 4.78 is 0. The molecule has 0 heterocycles. The number of alkyl halides is 2. The SMILES string of the molecule is OC(c1c(Cl)cccc1Cl)C(Cl)Cl. The number of aliphatic hydroxyl groups excluding tert-OH is 1. The van der Waals surface area contributed by atoms with E-state index in [1.807, 2.05) is 0 Å². The summed E-state index contributed by atoms with van der Waals surface area (Å²) in [7, 11) is 0. The molecule has 0 aliphatic heterocycles. The minimum absolute atomic E-state index is 0.353. The second kappa shape index (κ2) is 4.72. The number of hydrogen-bond acceptors (Lipinski definition) is 1. The van der Waals surface area contributed by atoms with Gasteiger partial charge in [0.2, 0.25) is 0 Å². The molecule has 1 N–H and O–H groups in total. The molecule has 0 saturated heterocycles. The third-order valence-electron chi connectivity index (χ3n) is 1.53. The van der Waals surface area contributed by atoms with Gasteiger partial charge in [0.25, 0.3) is 0 Å². The fraction of sp³-hybridized carbons (Fsp3) is 0.250. The molecule has 0 amide bonds. The molecule has 72 valence electrons. The van der Waals surface area contributed by atoms with Crippen molar-refractivity contribution in [3.05, 3.63) is 33.8 Å². The Hall–Kier alpha value is 0.340. The Bertz CT molecular complexity index is 280. The van der Waals surface area contributed by atoms with Crippen LogP contribution >= 0.6 is 46.4 Å². The van der Waals surface area contributed by atoms with Gasteiger partial charge in [-0.05, 0) is 12.1 Å². The van der Waals surface area contributed by atoms with Crippen LogP contribution < -0.4 is 0 Å². The van der Waals surface area contributed by atoms with Gasteiger partial charge in [-0.25, -0.2) is 0 Å². The van der Waals surface area contributed by atoms with Crippen LogP contribution in [0.4, 0.5) is 0 Å². The first-order chi connectivity index (χ1) is 6.04. The van der Waals surface area contributed by atoms with Crippen LogP contribution in [0.25, 0.3) is 0 Å². The van der Waals surface area contributed by atoms with Gasteiger partial charge in [-0.15, -0.1) is 23.2 Å². The van der Waals surface area contributed by atoms with Crippen LogP contribution in [0.3, 0.4) is 0 Å². The van der Waals surface area contributed by atoms with Crippen LogP contribution in [0.1, 0.15) is 11.7 Å². The van der Waals surface area contributed by atoms with Gasteiger partial charge in [0.15, 0.2) is 0 Å². The second-order valence-corrected chi connectivity index (χ2v) is 4.39. The number of aliphatic hydroxyl groups is 1. The highest BCUT2D eigenvalue weighted by Gasteiger charge is 2.21. The maximum absolute atomic E-state index is 9.53. The molecule has 0 fully saturated rings. The summed E-state index contributed by atoms with van der Waals surface area (Å²) in [4.78, 5) is -0.947. The Labute approximate surface area is 96.2 Å². The molecule has 1 atom stereocenters. The van der Waals surface area contributed by atoms with E-state index in [0.29, 0.717) is 15.6 Å². The molecule has 1 unspecified atom stereocenters. The predicted octanol–water partition coefficient (Wildman–Crippen LogP) is 3.83. The van der Waals surface area contributed by atoms with Gasteiger partial charge in [0, 0.05) is 15.6 Å². The Balaban J connectivity index is 3.12. The van der Waals surface area contributed by atoms with E-state index < -0.39 is 10.9 Å². The summed E-state index contributed by atoms with van der Waals surface area (Å²) in [6.07, 6.45) is -1.07. The van der Waals surface area contributed by atoms with E-state index in [4.69, 9.17) is 46.4 Å². The van der Waals surface area contributed by atoms with Crippen LogP contribution in [-0.2, 0) is 0 Å². The van der Waals surface area contributed by atoms with Gasteiger partial charge in [-0.1, -0.05) is 29.3 Å². The van der Waals surface area contributed by atoms with E-state index in [0.717, 1.165) is 0 Å². The summed E-state index contributed by atoms with van der Waals surface area (Å²) in [6.45, 7) is 0. The maximum atomic E-state index is 9.53. The lowest BCUT2D eigenvalue weighted by atomic mass is 10.1. The molecule has 0 aliphatic carbocycles. The summed E-state index contributed by atoms with van der Waals surface area (Å²) >= 11 is 22.6. The first-order valence-corrected chi connectivity index (χ1v) is 5.07. The maximum Gasteiger partial charge on any atom is 0.137 e. The number of halogens is 4. The third-order valence-corrected chi connectivity index (χ3v) is 2.67. The van der Waals surface area contributed by atoms with Crippen molar-refractivity contribution in [3.63, 3.8) is 0 Å². The highest BCUT2D eigenvalue weighted by Crippen LogP contribution is 2.34. The standard InChI is InChI=1S/C8H6Cl4O/c9-4-2-1-3-5(10)6(4)7(13)8(11)12/h1-3,7-8,13H. The normalized spacial score (nSPS) is 13.4. The first kappa shape index (κ1) is 11.4. The van der Waals surface area contributed by atoms with Crippen LogP contribution in [0.15, 0.2) is 18.2 Å². The van der Waals surface area contributed by atoms with Crippen LogP contribution in [-0.4, -0.2) is 9.94 Å². The predicted molar refractivity (Wildman–Crippen MR) is 56.9 cm³/mol. The second-order valence-electron chi connectivity index (χ2n) is 2.41. The topological polar surface area (TPSA) is 20.2 Å². The average Bonchev–Trinajstić information content (AvgIpc) is 2.03. The molecule has 13 heavy (non-hydrogen) atoms. The van der Waals surface area contributed by atoms with Gasteiger partial charge in [-0.3, -0.25) is 0 Å². The molecule has 1 nitrogen and oxygen atoms in total. The fourth-order valence-electron chi connectivity index (χ4n) is 0.919. The third kappa shape index (κ3) is 2.64. The minimum Gasteiger partial charge on any atom is -0.385 e. The van der Waals surface area contributed by atoms with Gasteiger partial charge in [0.1, 0.15) is 10.9 Å². The zero-order chi connectivity index (χ0) is 10.0. The zero-order valence-electron chi connectivity index (χ0n) is 6.35. The first-order valence-electron chi connectivity index (χ1n) is 3.44. The highest BCUT2D eigenvalue weighted by molar-refractivity contribution is 6.45. The van der Waals surface area contributed by atoms with Crippen molar-refractivity contribution in [2.45, 2.75) is 10.9 Å². The molecule has 0 aliphatic rings. The monoisotopic (exact) mass is 258 g/mol. The van der Waals surface area contributed by atoms with Crippen molar-refractivity contribution >= 4 is 46.4 Å². The number of rotatable bonds is 2. The lowest BCUT2D eigenvalue weighted by Gasteiger charge is -2.14. The van der Waals surface area contributed by atoms with E-state index in [2.05, 4.69) is 0 Å². The molecular formula is C8H6Cl4O. The van der Waals surface area contributed by atoms with Gasteiger partial charge < -0.3 is 5.11 Å². The largest absolute Gasteiger partial charge is 0.385 e. The van der Waals surface area contributed by atoms with E-state index in [1.54, 1.807) is 18.2 Å². The van der Waals surface area contributed by atoms with Gasteiger partial charge >= 0.3 is 0 Å². The Morgan fingerprint density at radius 2 is 1.54 bits per heavy atom.